The second-order valence-electron chi connectivity index (χ2n) is 5.28. The fourth-order valence-corrected chi connectivity index (χ4v) is 3.83. The first-order valence-electron chi connectivity index (χ1n) is 6.85. The third-order valence-electron chi connectivity index (χ3n) is 3.20. The molecule has 0 spiro atoms. The Kier molecular flexibility index (Phi) is 4.97. The van der Waals surface area contributed by atoms with Crippen molar-refractivity contribution < 1.29 is 13.2 Å². The summed E-state index contributed by atoms with van der Waals surface area (Å²) in [5, 5.41) is 0.428. The largest absolute Gasteiger partial charge is 0.368 e. The lowest BCUT2D eigenvalue weighted by Gasteiger charge is -2.24. The number of aryl methyl sites for hydroxylation is 2. The molecule has 0 aliphatic rings. The van der Waals surface area contributed by atoms with E-state index >= 15 is 0 Å². The zero-order valence-corrected chi connectivity index (χ0v) is 14.4. The number of amides is 1. The van der Waals surface area contributed by atoms with Gasteiger partial charge in [-0.1, -0.05) is 17.7 Å². The number of carbonyl (C=O) groups excluding carboxylic acids is 1. The molecule has 0 unspecified atom stereocenters. The van der Waals surface area contributed by atoms with Crippen molar-refractivity contribution in [1.29, 1.82) is 0 Å². The van der Waals surface area contributed by atoms with E-state index in [1.54, 1.807) is 12.1 Å². The maximum Gasteiger partial charge on any atom is 0.264 e. The lowest BCUT2D eigenvalue weighted by molar-refractivity contribution is -0.116. The predicted molar refractivity (Wildman–Crippen MR) is 91.1 cm³/mol. The summed E-state index contributed by atoms with van der Waals surface area (Å²) < 4.78 is 26.8. The Morgan fingerprint density at radius 2 is 1.61 bits per heavy atom. The second-order valence-corrected chi connectivity index (χ2v) is 7.58. The molecule has 0 bridgehead atoms. The number of nitrogens with zero attached hydrogens (tertiary/aromatic N) is 1. The van der Waals surface area contributed by atoms with Crippen LogP contribution in [0.5, 0.6) is 0 Å². The van der Waals surface area contributed by atoms with Gasteiger partial charge in [0.15, 0.2) is 0 Å². The summed E-state index contributed by atoms with van der Waals surface area (Å²) in [6.07, 6.45) is 0. The fourth-order valence-electron chi connectivity index (χ4n) is 2.29. The quantitative estimate of drug-likeness (QED) is 0.898. The van der Waals surface area contributed by atoms with E-state index in [0.717, 1.165) is 15.4 Å². The van der Waals surface area contributed by atoms with Crippen LogP contribution in [0.15, 0.2) is 47.4 Å². The molecule has 2 N–H and O–H groups in total. The number of anilines is 1. The van der Waals surface area contributed by atoms with E-state index in [9.17, 15) is 13.2 Å². The molecule has 23 heavy (non-hydrogen) atoms. The normalized spacial score (nSPS) is 11.3. The van der Waals surface area contributed by atoms with Crippen molar-refractivity contribution in [1.82, 2.24) is 0 Å². The molecule has 0 aromatic heterocycles. The third kappa shape index (κ3) is 4.03. The van der Waals surface area contributed by atoms with Crippen LogP contribution >= 0.6 is 11.6 Å². The Hall–Kier alpha value is -2.05. The Balaban J connectivity index is 2.57. The van der Waals surface area contributed by atoms with Gasteiger partial charge in [0.25, 0.3) is 10.0 Å². The molecule has 0 fully saturated rings. The monoisotopic (exact) mass is 352 g/mol. The van der Waals surface area contributed by atoms with Crippen LogP contribution in [-0.2, 0) is 14.8 Å². The van der Waals surface area contributed by atoms with Gasteiger partial charge in [-0.3, -0.25) is 9.10 Å². The van der Waals surface area contributed by atoms with Crippen LogP contribution in [0.4, 0.5) is 5.69 Å². The summed E-state index contributed by atoms with van der Waals surface area (Å²) in [4.78, 5) is 11.4. The molecule has 0 aliphatic carbocycles. The van der Waals surface area contributed by atoms with Gasteiger partial charge in [0.1, 0.15) is 6.54 Å². The van der Waals surface area contributed by atoms with Crippen molar-refractivity contribution in [2.75, 3.05) is 10.8 Å². The van der Waals surface area contributed by atoms with E-state index in [4.69, 9.17) is 17.3 Å². The molecule has 2 aromatic rings. The number of nitrogens with two attached hydrogens (primary N) is 1. The standard InChI is InChI=1S/C16H17ClN2O3S/c1-11-7-12(2)9-14(8-11)19(10-16(18)20)23(21,22)15-5-3-13(17)4-6-15/h3-9H,10H2,1-2H3,(H2,18,20). The molecule has 1 amide bonds. The topological polar surface area (TPSA) is 80.5 Å². The predicted octanol–water partition coefficient (Wildman–Crippen LogP) is 2.64. The number of benzene rings is 2. The van der Waals surface area contributed by atoms with E-state index < -0.39 is 22.5 Å². The van der Waals surface area contributed by atoms with Gasteiger partial charge in [-0.15, -0.1) is 0 Å². The van der Waals surface area contributed by atoms with Gasteiger partial charge in [-0.05, 0) is 61.4 Å². The molecule has 2 rings (SSSR count). The molecule has 0 saturated carbocycles. The molecular formula is C16H17ClN2O3S. The molecule has 0 radical (unpaired) electrons. The number of hydrogen-bond acceptors (Lipinski definition) is 3. The van der Waals surface area contributed by atoms with Crippen LogP contribution in [-0.4, -0.2) is 20.9 Å². The fraction of sp³-hybridized carbons (Fsp3) is 0.188. The Bertz CT molecular complexity index is 813. The van der Waals surface area contributed by atoms with Crippen LogP contribution in [0, 0.1) is 13.8 Å². The van der Waals surface area contributed by atoms with Gasteiger partial charge in [0.05, 0.1) is 10.6 Å². The van der Waals surface area contributed by atoms with E-state index in [2.05, 4.69) is 0 Å². The van der Waals surface area contributed by atoms with Gasteiger partial charge in [-0.2, -0.15) is 0 Å². The van der Waals surface area contributed by atoms with Crippen LogP contribution in [0.1, 0.15) is 11.1 Å². The molecule has 7 heteroatoms. The average molecular weight is 353 g/mol. The lowest BCUT2D eigenvalue weighted by atomic mass is 10.1. The minimum atomic E-state index is -3.93. The van der Waals surface area contributed by atoms with E-state index in [-0.39, 0.29) is 4.90 Å². The van der Waals surface area contributed by atoms with E-state index in [1.807, 2.05) is 19.9 Å². The van der Waals surface area contributed by atoms with Crippen molar-refractivity contribution >= 4 is 33.2 Å². The Labute approximate surface area is 140 Å². The first-order valence-corrected chi connectivity index (χ1v) is 8.67. The summed E-state index contributed by atoms with van der Waals surface area (Å²) in [7, 11) is -3.93. The molecule has 0 saturated heterocycles. The summed E-state index contributed by atoms with van der Waals surface area (Å²) in [6, 6.07) is 11.1. The number of halogens is 1. The SMILES string of the molecule is Cc1cc(C)cc(N(CC(N)=O)S(=O)(=O)c2ccc(Cl)cc2)c1. The van der Waals surface area contributed by atoms with Crippen LogP contribution < -0.4 is 10.0 Å². The molecule has 0 atom stereocenters. The van der Waals surface area contributed by atoms with Gasteiger partial charge < -0.3 is 5.73 Å². The van der Waals surface area contributed by atoms with Crippen molar-refractivity contribution in [3.8, 4) is 0 Å². The highest BCUT2D eigenvalue weighted by molar-refractivity contribution is 7.92. The third-order valence-corrected chi connectivity index (χ3v) is 5.24. The van der Waals surface area contributed by atoms with E-state index in [1.165, 1.54) is 24.3 Å². The van der Waals surface area contributed by atoms with Gasteiger partial charge in [-0.25, -0.2) is 8.42 Å². The van der Waals surface area contributed by atoms with Crippen molar-refractivity contribution in [3.63, 3.8) is 0 Å². The highest BCUT2D eigenvalue weighted by atomic mass is 35.5. The van der Waals surface area contributed by atoms with Crippen LogP contribution in [0.3, 0.4) is 0 Å². The minimum Gasteiger partial charge on any atom is -0.368 e. The van der Waals surface area contributed by atoms with Crippen LogP contribution in [0.25, 0.3) is 0 Å². The summed E-state index contributed by atoms with van der Waals surface area (Å²) in [6.45, 7) is 3.27. The average Bonchev–Trinajstić information content (AvgIpc) is 2.43. The lowest BCUT2D eigenvalue weighted by Crippen LogP contribution is -2.38. The maximum absolute atomic E-state index is 12.9. The first-order chi connectivity index (χ1) is 10.7. The maximum atomic E-state index is 12.9. The minimum absolute atomic E-state index is 0.0438. The molecule has 122 valence electrons. The molecule has 2 aromatic carbocycles. The van der Waals surface area contributed by atoms with Gasteiger partial charge >= 0.3 is 0 Å². The number of carbonyl (C=O) groups is 1. The Morgan fingerprint density at radius 1 is 1.09 bits per heavy atom. The smallest absolute Gasteiger partial charge is 0.264 e. The molecule has 0 aliphatic heterocycles. The van der Waals surface area contributed by atoms with Crippen molar-refractivity contribution in [2.45, 2.75) is 18.7 Å². The Morgan fingerprint density at radius 3 is 2.09 bits per heavy atom. The summed E-state index contributed by atoms with van der Waals surface area (Å²) >= 11 is 5.80. The molecule has 5 nitrogen and oxygen atoms in total. The summed E-state index contributed by atoms with van der Waals surface area (Å²) in [5.74, 6) is -0.735. The van der Waals surface area contributed by atoms with E-state index in [0.29, 0.717) is 10.7 Å². The second kappa shape index (κ2) is 6.60. The van der Waals surface area contributed by atoms with Crippen molar-refractivity contribution in [2.24, 2.45) is 5.73 Å². The zero-order valence-electron chi connectivity index (χ0n) is 12.8. The van der Waals surface area contributed by atoms with Crippen molar-refractivity contribution in [3.05, 3.63) is 58.6 Å². The summed E-state index contributed by atoms with van der Waals surface area (Å²) in [5.41, 5.74) is 7.42. The van der Waals surface area contributed by atoms with Gasteiger partial charge in [0, 0.05) is 5.02 Å². The highest BCUT2D eigenvalue weighted by Gasteiger charge is 2.26. The van der Waals surface area contributed by atoms with Gasteiger partial charge in [0.2, 0.25) is 5.91 Å². The number of hydrogen-bond donors (Lipinski definition) is 1. The number of sulfonamides is 1. The van der Waals surface area contributed by atoms with Crippen LogP contribution in [0.2, 0.25) is 5.02 Å². The number of primary amides is 1. The first kappa shape index (κ1) is 17.3. The molecule has 0 heterocycles. The zero-order chi connectivity index (χ0) is 17.2. The molecular weight excluding hydrogens is 336 g/mol. The highest BCUT2D eigenvalue weighted by Crippen LogP contribution is 2.26. The number of rotatable bonds is 5.